The Hall–Kier alpha value is -1.51. The topological polar surface area (TPSA) is 38.3 Å². The normalized spacial score (nSPS) is 12.1. The summed E-state index contributed by atoms with van der Waals surface area (Å²) in [6.07, 6.45) is 1.34. The van der Waals surface area contributed by atoms with E-state index in [0.29, 0.717) is 6.42 Å². The summed E-state index contributed by atoms with van der Waals surface area (Å²) in [5, 5.41) is 3.12. The van der Waals surface area contributed by atoms with Crippen molar-refractivity contribution in [2.75, 3.05) is 7.11 Å². The van der Waals surface area contributed by atoms with Crippen molar-refractivity contribution in [2.45, 2.75) is 53.0 Å². The highest BCUT2D eigenvalue weighted by Crippen LogP contribution is 2.26. The number of amides is 1. The summed E-state index contributed by atoms with van der Waals surface area (Å²) in [6.45, 7) is 10.7. The van der Waals surface area contributed by atoms with Crippen LogP contribution in [-0.2, 0) is 11.2 Å². The van der Waals surface area contributed by atoms with Crippen molar-refractivity contribution in [3.63, 3.8) is 0 Å². The lowest BCUT2D eigenvalue weighted by Crippen LogP contribution is -2.46. The van der Waals surface area contributed by atoms with E-state index in [1.165, 1.54) is 0 Å². The molecule has 0 spiro atoms. The molecule has 1 aromatic carbocycles. The van der Waals surface area contributed by atoms with E-state index in [-0.39, 0.29) is 16.9 Å². The lowest BCUT2D eigenvalue weighted by Gasteiger charge is -2.33. The lowest BCUT2D eigenvalue weighted by atomic mass is 9.81. The lowest BCUT2D eigenvalue weighted by molar-refractivity contribution is -0.122. The van der Waals surface area contributed by atoms with Gasteiger partial charge in [0.15, 0.2) is 0 Å². The van der Waals surface area contributed by atoms with Crippen LogP contribution < -0.4 is 10.1 Å². The Balaban J connectivity index is 2.58. The Morgan fingerprint density at radius 2 is 1.65 bits per heavy atom. The predicted molar refractivity (Wildman–Crippen MR) is 83.0 cm³/mol. The van der Waals surface area contributed by atoms with Crippen LogP contribution in [-0.4, -0.2) is 18.6 Å². The van der Waals surface area contributed by atoms with Crippen molar-refractivity contribution in [3.05, 3.63) is 29.8 Å². The van der Waals surface area contributed by atoms with Crippen molar-refractivity contribution in [3.8, 4) is 5.75 Å². The maximum absolute atomic E-state index is 12.1. The second-order valence-corrected chi connectivity index (χ2v) is 7.19. The number of ether oxygens (including phenoxy) is 1. The molecule has 0 saturated heterocycles. The summed E-state index contributed by atoms with van der Waals surface area (Å²) in [4.78, 5) is 12.1. The summed E-state index contributed by atoms with van der Waals surface area (Å²) in [6, 6.07) is 7.61. The van der Waals surface area contributed by atoms with Gasteiger partial charge in [0.2, 0.25) is 5.91 Å². The molecule has 0 aromatic heterocycles. The van der Waals surface area contributed by atoms with Crippen molar-refractivity contribution < 1.29 is 9.53 Å². The van der Waals surface area contributed by atoms with Gasteiger partial charge in [-0.15, -0.1) is 0 Å². The average Bonchev–Trinajstić information content (AvgIpc) is 2.25. The molecule has 0 saturated carbocycles. The first-order chi connectivity index (χ1) is 9.11. The Bertz CT molecular complexity index is 441. The minimum atomic E-state index is -0.193. The van der Waals surface area contributed by atoms with E-state index in [1.807, 2.05) is 24.3 Å². The molecule has 0 unspecified atom stereocenters. The van der Waals surface area contributed by atoms with E-state index in [9.17, 15) is 4.79 Å². The summed E-state index contributed by atoms with van der Waals surface area (Å²) in [5.74, 6) is 0.867. The van der Waals surface area contributed by atoms with Crippen LogP contribution in [0.5, 0.6) is 5.75 Å². The van der Waals surface area contributed by atoms with E-state index in [4.69, 9.17) is 4.74 Å². The third-order valence-electron chi connectivity index (χ3n) is 2.97. The van der Waals surface area contributed by atoms with Crippen LogP contribution in [0.1, 0.15) is 46.6 Å². The number of carbonyl (C=O) groups is 1. The highest BCUT2D eigenvalue weighted by atomic mass is 16.5. The molecule has 3 heteroatoms. The number of nitrogens with one attached hydrogen (secondary N) is 1. The minimum Gasteiger partial charge on any atom is -0.497 e. The van der Waals surface area contributed by atoms with E-state index in [1.54, 1.807) is 7.11 Å². The van der Waals surface area contributed by atoms with Gasteiger partial charge in [-0.1, -0.05) is 32.9 Å². The summed E-state index contributed by atoms with van der Waals surface area (Å²) in [7, 11) is 1.64. The Morgan fingerprint density at radius 1 is 1.10 bits per heavy atom. The Morgan fingerprint density at radius 3 is 2.10 bits per heavy atom. The molecule has 1 aromatic rings. The number of methoxy groups -OCH3 is 1. The van der Waals surface area contributed by atoms with Crippen molar-refractivity contribution in [1.82, 2.24) is 5.32 Å². The predicted octanol–water partition coefficient (Wildman–Crippen LogP) is 3.57. The van der Waals surface area contributed by atoms with Gasteiger partial charge in [-0.2, -0.15) is 0 Å². The molecule has 20 heavy (non-hydrogen) atoms. The number of carbonyl (C=O) groups excluding carboxylic acids is 1. The molecule has 0 fully saturated rings. The molecule has 0 aliphatic heterocycles. The van der Waals surface area contributed by atoms with Crippen LogP contribution in [0.15, 0.2) is 24.3 Å². The monoisotopic (exact) mass is 277 g/mol. The highest BCUT2D eigenvalue weighted by molar-refractivity contribution is 5.79. The maximum atomic E-state index is 12.1. The molecule has 0 bridgehead atoms. The molecule has 0 radical (unpaired) electrons. The van der Waals surface area contributed by atoms with Gasteiger partial charge in [0.25, 0.3) is 0 Å². The van der Waals surface area contributed by atoms with Gasteiger partial charge in [-0.3, -0.25) is 4.79 Å². The van der Waals surface area contributed by atoms with Gasteiger partial charge in [0.05, 0.1) is 13.5 Å². The largest absolute Gasteiger partial charge is 0.497 e. The Labute approximate surface area is 122 Å². The fraction of sp³-hybridized carbons (Fsp3) is 0.588. The van der Waals surface area contributed by atoms with E-state index in [0.717, 1.165) is 17.7 Å². The fourth-order valence-corrected chi connectivity index (χ4v) is 2.72. The number of hydrogen-bond acceptors (Lipinski definition) is 2. The molecule has 3 nitrogen and oxygen atoms in total. The van der Waals surface area contributed by atoms with Crippen molar-refractivity contribution in [1.29, 1.82) is 0 Å². The molecular weight excluding hydrogens is 250 g/mol. The van der Waals surface area contributed by atoms with Gasteiger partial charge in [-0.25, -0.2) is 0 Å². The third kappa shape index (κ3) is 6.09. The maximum Gasteiger partial charge on any atom is 0.224 e. The summed E-state index contributed by atoms with van der Waals surface area (Å²) >= 11 is 0. The molecule has 0 atom stereocenters. The number of hydrogen-bond donors (Lipinski definition) is 1. The molecule has 1 rings (SSSR count). The van der Waals surface area contributed by atoms with E-state index in [2.05, 4.69) is 39.9 Å². The van der Waals surface area contributed by atoms with Gasteiger partial charge in [0.1, 0.15) is 5.75 Å². The third-order valence-corrected chi connectivity index (χ3v) is 2.97. The van der Waals surface area contributed by atoms with Gasteiger partial charge in [0, 0.05) is 5.54 Å². The van der Waals surface area contributed by atoms with E-state index < -0.39 is 0 Å². The van der Waals surface area contributed by atoms with Crippen LogP contribution >= 0.6 is 0 Å². The van der Waals surface area contributed by atoms with Gasteiger partial charge < -0.3 is 10.1 Å². The molecule has 0 aliphatic rings. The highest BCUT2D eigenvalue weighted by Gasteiger charge is 2.26. The Kier molecular flexibility index (Phi) is 5.21. The second-order valence-electron chi connectivity index (χ2n) is 7.19. The molecule has 112 valence electrons. The smallest absolute Gasteiger partial charge is 0.224 e. The summed E-state index contributed by atoms with van der Waals surface area (Å²) < 4.78 is 5.11. The standard InChI is InChI=1S/C17H27NO2/c1-16(2,3)12-17(4,5)18-15(19)11-13-7-9-14(20-6)10-8-13/h7-10H,11-12H2,1-6H3,(H,18,19). The van der Waals surface area contributed by atoms with Crippen LogP contribution in [0.2, 0.25) is 0 Å². The van der Waals surface area contributed by atoms with Crippen LogP contribution in [0.4, 0.5) is 0 Å². The first kappa shape index (κ1) is 16.5. The van der Waals surface area contributed by atoms with Crippen molar-refractivity contribution >= 4 is 5.91 Å². The number of rotatable bonds is 5. The fourth-order valence-electron chi connectivity index (χ4n) is 2.72. The van der Waals surface area contributed by atoms with Gasteiger partial charge >= 0.3 is 0 Å². The second kappa shape index (κ2) is 6.29. The molecule has 0 heterocycles. The van der Waals surface area contributed by atoms with Crippen LogP contribution in [0.3, 0.4) is 0 Å². The quantitative estimate of drug-likeness (QED) is 0.893. The first-order valence-corrected chi connectivity index (χ1v) is 7.05. The molecule has 1 N–H and O–H groups in total. The van der Waals surface area contributed by atoms with Crippen molar-refractivity contribution in [2.24, 2.45) is 5.41 Å². The first-order valence-electron chi connectivity index (χ1n) is 7.05. The van der Waals surface area contributed by atoms with Crippen LogP contribution in [0.25, 0.3) is 0 Å². The van der Waals surface area contributed by atoms with Crippen LogP contribution in [0, 0.1) is 5.41 Å². The SMILES string of the molecule is COc1ccc(CC(=O)NC(C)(C)CC(C)(C)C)cc1. The van der Waals surface area contributed by atoms with Gasteiger partial charge in [-0.05, 0) is 43.4 Å². The zero-order chi connectivity index (χ0) is 15.4. The molecule has 1 amide bonds. The zero-order valence-corrected chi connectivity index (χ0v) is 13.5. The molecular formula is C17H27NO2. The number of benzene rings is 1. The zero-order valence-electron chi connectivity index (χ0n) is 13.5. The average molecular weight is 277 g/mol. The summed E-state index contributed by atoms with van der Waals surface area (Å²) in [5.41, 5.74) is 0.994. The molecule has 0 aliphatic carbocycles. The minimum absolute atomic E-state index is 0.0596. The van der Waals surface area contributed by atoms with E-state index >= 15 is 0 Å².